The Morgan fingerprint density at radius 1 is 1.10 bits per heavy atom. The van der Waals surface area contributed by atoms with Crippen molar-refractivity contribution in [1.29, 1.82) is 0 Å². The summed E-state index contributed by atoms with van der Waals surface area (Å²) in [6, 6.07) is 6.78. The fraction of sp³-hybridized carbons (Fsp3) is 0.238. The summed E-state index contributed by atoms with van der Waals surface area (Å²) < 4.78 is 53.8. The molecule has 1 N–H and O–H groups in total. The number of amides is 1. The number of aromatic nitrogens is 1. The number of methoxy groups -OCH3 is 2. The quantitative estimate of drug-likeness (QED) is 0.507. The first-order valence-corrected chi connectivity index (χ1v) is 9.68. The smallest absolute Gasteiger partial charge is 0.257 e. The Morgan fingerprint density at radius 3 is 2.40 bits per heavy atom. The molecule has 2 aromatic carbocycles. The molecule has 30 heavy (non-hydrogen) atoms. The van der Waals surface area contributed by atoms with Crippen molar-refractivity contribution >= 4 is 32.7 Å². The molecule has 1 atom stereocenters. The zero-order valence-electron chi connectivity index (χ0n) is 16.1. The predicted octanol–water partition coefficient (Wildman–Crippen LogP) is 4.37. The van der Waals surface area contributed by atoms with Gasteiger partial charge in [-0.1, -0.05) is 12.1 Å². The standard InChI is InChI=1S/C21H18BrF3N2O3/c1-29-21(30-2)17(27-20(28)18-14(23)6-3-7-15(18)24)9-12-11-5-4-8-26-19(11)13(22)10-16(12)25/h3-8,10,17,21H,9H2,1-2H3,(H,27,28)/t17-/m0/s1. The van der Waals surface area contributed by atoms with E-state index in [0.29, 0.717) is 15.4 Å². The van der Waals surface area contributed by atoms with Gasteiger partial charge < -0.3 is 14.8 Å². The van der Waals surface area contributed by atoms with Crippen LogP contribution >= 0.6 is 15.9 Å². The first-order valence-electron chi connectivity index (χ1n) is 8.89. The third-order valence-corrected chi connectivity index (χ3v) is 5.23. The summed E-state index contributed by atoms with van der Waals surface area (Å²) in [5, 5.41) is 3.02. The van der Waals surface area contributed by atoms with Gasteiger partial charge in [0.1, 0.15) is 23.0 Å². The number of pyridine rings is 1. The largest absolute Gasteiger partial charge is 0.354 e. The van der Waals surface area contributed by atoms with Gasteiger partial charge in [0.2, 0.25) is 0 Å². The maximum atomic E-state index is 14.8. The topological polar surface area (TPSA) is 60.5 Å². The van der Waals surface area contributed by atoms with Crippen LogP contribution in [0.4, 0.5) is 13.2 Å². The Morgan fingerprint density at radius 2 is 1.77 bits per heavy atom. The molecule has 9 heteroatoms. The maximum Gasteiger partial charge on any atom is 0.257 e. The molecule has 0 bridgehead atoms. The molecule has 0 aliphatic rings. The van der Waals surface area contributed by atoms with Gasteiger partial charge in [0.05, 0.1) is 11.6 Å². The Labute approximate surface area is 179 Å². The van der Waals surface area contributed by atoms with Crippen molar-refractivity contribution in [3.63, 3.8) is 0 Å². The third-order valence-electron chi connectivity index (χ3n) is 4.62. The van der Waals surface area contributed by atoms with Crippen LogP contribution in [0.5, 0.6) is 0 Å². The van der Waals surface area contributed by atoms with Crippen molar-refractivity contribution < 1.29 is 27.4 Å². The normalized spacial score (nSPS) is 12.4. The van der Waals surface area contributed by atoms with Crippen LogP contribution in [0.3, 0.4) is 0 Å². The molecule has 0 spiro atoms. The lowest BCUT2D eigenvalue weighted by Crippen LogP contribution is -2.47. The minimum Gasteiger partial charge on any atom is -0.354 e. The number of halogens is 4. The highest BCUT2D eigenvalue weighted by atomic mass is 79.9. The number of benzene rings is 2. The second kappa shape index (κ2) is 9.55. The molecule has 0 saturated heterocycles. The molecule has 158 valence electrons. The van der Waals surface area contributed by atoms with Crippen LogP contribution in [0.15, 0.2) is 47.1 Å². The van der Waals surface area contributed by atoms with Crippen LogP contribution in [0, 0.1) is 17.5 Å². The molecule has 0 aliphatic heterocycles. The van der Waals surface area contributed by atoms with Crippen molar-refractivity contribution in [2.75, 3.05) is 14.2 Å². The average molecular weight is 483 g/mol. The van der Waals surface area contributed by atoms with Crippen LogP contribution in [-0.2, 0) is 15.9 Å². The second-order valence-corrected chi connectivity index (χ2v) is 7.29. The molecule has 5 nitrogen and oxygen atoms in total. The van der Waals surface area contributed by atoms with Gasteiger partial charge in [-0.25, -0.2) is 13.2 Å². The zero-order valence-corrected chi connectivity index (χ0v) is 17.7. The van der Waals surface area contributed by atoms with Crippen molar-refractivity contribution in [2.45, 2.75) is 18.8 Å². The average Bonchev–Trinajstić information content (AvgIpc) is 2.71. The number of carbonyl (C=O) groups excluding carboxylic acids is 1. The van der Waals surface area contributed by atoms with E-state index in [1.54, 1.807) is 18.3 Å². The van der Waals surface area contributed by atoms with Crippen LogP contribution in [0.25, 0.3) is 10.9 Å². The third kappa shape index (κ3) is 4.48. The van der Waals surface area contributed by atoms with E-state index in [1.807, 2.05) is 0 Å². The fourth-order valence-corrected chi connectivity index (χ4v) is 3.77. The van der Waals surface area contributed by atoms with Gasteiger partial charge in [-0.15, -0.1) is 0 Å². The summed E-state index contributed by atoms with van der Waals surface area (Å²) >= 11 is 3.29. The van der Waals surface area contributed by atoms with Crippen LogP contribution in [0.2, 0.25) is 0 Å². The van der Waals surface area contributed by atoms with Gasteiger partial charge in [0.25, 0.3) is 5.91 Å². The summed E-state index contributed by atoms with van der Waals surface area (Å²) in [4.78, 5) is 16.9. The van der Waals surface area contributed by atoms with E-state index in [2.05, 4.69) is 26.2 Å². The Kier molecular flexibility index (Phi) is 7.06. The van der Waals surface area contributed by atoms with Gasteiger partial charge in [0.15, 0.2) is 6.29 Å². The lowest BCUT2D eigenvalue weighted by Gasteiger charge is -2.26. The molecule has 0 fully saturated rings. The first-order chi connectivity index (χ1) is 14.4. The van der Waals surface area contributed by atoms with Gasteiger partial charge in [0, 0.05) is 36.7 Å². The Bertz CT molecular complexity index is 1060. The second-order valence-electron chi connectivity index (χ2n) is 6.44. The summed E-state index contributed by atoms with van der Waals surface area (Å²) in [6.07, 6.45) is 0.496. The number of ether oxygens (including phenoxy) is 2. The Balaban J connectivity index is 2.00. The lowest BCUT2D eigenvalue weighted by molar-refractivity contribution is -0.120. The van der Waals surface area contributed by atoms with Gasteiger partial charge in [-0.05, 0) is 45.8 Å². The highest BCUT2D eigenvalue weighted by Crippen LogP contribution is 2.29. The summed E-state index contributed by atoms with van der Waals surface area (Å²) in [7, 11) is 2.68. The van der Waals surface area contributed by atoms with Crippen molar-refractivity contribution in [1.82, 2.24) is 10.3 Å². The predicted molar refractivity (Wildman–Crippen MR) is 109 cm³/mol. The van der Waals surface area contributed by atoms with E-state index in [1.165, 1.54) is 20.3 Å². The SMILES string of the molecule is COC(OC)[C@H](Cc1c(F)cc(Br)c2ncccc12)NC(=O)c1c(F)cccc1F. The summed E-state index contributed by atoms with van der Waals surface area (Å²) in [5.41, 5.74) is 0.0430. The number of hydrogen-bond donors (Lipinski definition) is 1. The van der Waals surface area contributed by atoms with E-state index in [0.717, 1.165) is 18.2 Å². The maximum absolute atomic E-state index is 14.8. The number of nitrogens with zero attached hydrogens (tertiary/aromatic N) is 1. The van der Waals surface area contributed by atoms with Crippen molar-refractivity contribution in [2.24, 2.45) is 0 Å². The molecule has 0 aliphatic carbocycles. The van der Waals surface area contributed by atoms with Crippen LogP contribution in [-0.4, -0.2) is 37.4 Å². The van der Waals surface area contributed by atoms with Crippen molar-refractivity contribution in [3.05, 3.63) is 75.6 Å². The highest BCUT2D eigenvalue weighted by molar-refractivity contribution is 9.10. The number of hydrogen-bond acceptors (Lipinski definition) is 4. The minimum atomic E-state index is -1.01. The lowest BCUT2D eigenvalue weighted by atomic mass is 9.99. The molecule has 0 unspecified atom stereocenters. The van der Waals surface area contributed by atoms with Gasteiger partial charge in [-0.2, -0.15) is 0 Å². The molecular weight excluding hydrogens is 465 g/mol. The molecule has 1 amide bonds. The monoisotopic (exact) mass is 482 g/mol. The van der Waals surface area contributed by atoms with Gasteiger partial charge in [-0.3, -0.25) is 9.78 Å². The number of carbonyl (C=O) groups is 1. The highest BCUT2D eigenvalue weighted by Gasteiger charge is 2.28. The van der Waals surface area contributed by atoms with Crippen LogP contribution < -0.4 is 5.32 Å². The zero-order chi connectivity index (χ0) is 21.8. The summed E-state index contributed by atoms with van der Waals surface area (Å²) in [6.45, 7) is 0. The van der Waals surface area contributed by atoms with Crippen molar-refractivity contribution in [3.8, 4) is 0 Å². The van der Waals surface area contributed by atoms with E-state index >= 15 is 0 Å². The van der Waals surface area contributed by atoms with E-state index in [9.17, 15) is 18.0 Å². The molecular formula is C21H18BrF3N2O3. The molecule has 1 aromatic heterocycles. The van der Waals surface area contributed by atoms with Crippen LogP contribution in [0.1, 0.15) is 15.9 Å². The summed E-state index contributed by atoms with van der Waals surface area (Å²) in [5.74, 6) is -3.57. The van der Waals surface area contributed by atoms with E-state index in [4.69, 9.17) is 9.47 Å². The van der Waals surface area contributed by atoms with E-state index in [-0.39, 0.29) is 12.0 Å². The number of rotatable bonds is 7. The fourth-order valence-electron chi connectivity index (χ4n) is 3.26. The first kappa shape index (κ1) is 22.2. The minimum absolute atomic E-state index is 0.0739. The number of nitrogens with one attached hydrogen (secondary N) is 1. The Hall–Kier alpha value is -2.49. The number of fused-ring (bicyclic) bond motifs is 1. The molecule has 1 heterocycles. The molecule has 3 aromatic rings. The molecule has 0 saturated carbocycles. The van der Waals surface area contributed by atoms with E-state index < -0.39 is 41.3 Å². The molecule has 3 rings (SSSR count). The van der Waals surface area contributed by atoms with Gasteiger partial charge >= 0.3 is 0 Å². The molecule has 0 radical (unpaired) electrons.